The Bertz CT molecular complexity index is 935. The van der Waals surface area contributed by atoms with Crippen molar-refractivity contribution in [3.8, 4) is 10.4 Å². The van der Waals surface area contributed by atoms with Gasteiger partial charge in [0.15, 0.2) is 0 Å². The van der Waals surface area contributed by atoms with Gasteiger partial charge in [0.05, 0.1) is 17.1 Å². The van der Waals surface area contributed by atoms with Gasteiger partial charge in [-0.15, -0.1) is 11.3 Å². The summed E-state index contributed by atoms with van der Waals surface area (Å²) < 4.78 is 5.20. The number of carbonyl (C=O) groups is 1. The van der Waals surface area contributed by atoms with E-state index in [1.54, 1.807) is 16.2 Å². The molecule has 0 unspecified atom stereocenters. The van der Waals surface area contributed by atoms with Crippen LogP contribution in [-0.2, 0) is 19.4 Å². The molecule has 5 heteroatoms. The highest BCUT2D eigenvalue weighted by atomic mass is 32.1. The molecule has 3 aromatic rings. The number of hydrogen-bond donors (Lipinski definition) is 0. The number of benzene rings is 1. The number of thiophene rings is 1. The second kappa shape index (κ2) is 6.15. The van der Waals surface area contributed by atoms with E-state index in [-0.39, 0.29) is 5.91 Å². The lowest BCUT2D eigenvalue weighted by Crippen LogP contribution is -2.25. The smallest absolute Gasteiger partial charge is 0.263 e. The topological polar surface area (TPSA) is 46.3 Å². The minimum atomic E-state index is 0.0527. The van der Waals surface area contributed by atoms with E-state index < -0.39 is 0 Å². The fourth-order valence-electron chi connectivity index (χ4n) is 3.40. The van der Waals surface area contributed by atoms with E-state index in [0.29, 0.717) is 6.54 Å². The highest BCUT2D eigenvalue weighted by Gasteiger charge is 2.23. The summed E-state index contributed by atoms with van der Waals surface area (Å²) in [6.07, 6.45) is 2.05. The molecule has 1 amide bonds. The molecule has 0 spiro atoms. The van der Waals surface area contributed by atoms with Crippen molar-refractivity contribution >= 4 is 17.2 Å². The number of amides is 1. The Morgan fingerprint density at radius 1 is 1.24 bits per heavy atom. The van der Waals surface area contributed by atoms with Crippen LogP contribution in [0.4, 0.5) is 0 Å². The molecule has 4 rings (SSSR count). The summed E-state index contributed by atoms with van der Waals surface area (Å²) in [5.41, 5.74) is 5.78. The molecule has 0 N–H and O–H groups in total. The van der Waals surface area contributed by atoms with Crippen molar-refractivity contribution in [1.29, 1.82) is 0 Å². The molecule has 1 aliphatic carbocycles. The first-order valence-electron chi connectivity index (χ1n) is 8.43. The first-order chi connectivity index (χ1) is 12.0. The minimum absolute atomic E-state index is 0.0527. The molecule has 4 nitrogen and oxygen atoms in total. The lowest BCUT2D eigenvalue weighted by molar-refractivity contribution is 0.0789. The van der Waals surface area contributed by atoms with E-state index in [1.165, 1.54) is 21.6 Å². The molecule has 0 fully saturated rings. The van der Waals surface area contributed by atoms with Crippen LogP contribution in [0.3, 0.4) is 0 Å². The van der Waals surface area contributed by atoms with Crippen LogP contribution in [0.15, 0.2) is 34.9 Å². The molecule has 25 heavy (non-hydrogen) atoms. The fourth-order valence-corrected chi connectivity index (χ4v) is 4.67. The normalized spacial score (nSPS) is 12.6. The van der Waals surface area contributed by atoms with Crippen molar-refractivity contribution in [3.05, 3.63) is 63.4 Å². The molecule has 128 valence electrons. The van der Waals surface area contributed by atoms with E-state index >= 15 is 0 Å². The van der Waals surface area contributed by atoms with Crippen molar-refractivity contribution in [2.24, 2.45) is 0 Å². The average molecular weight is 352 g/mol. The zero-order chi connectivity index (χ0) is 17.6. The van der Waals surface area contributed by atoms with Crippen molar-refractivity contribution < 1.29 is 9.32 Å². The Morgan fingerprint density at radius 3 is 2.76 bits per heavy atom. The van der Waals surface area contributed by atoms with Gasteiger partial charge in [0.1, 0.15) is 5.76 Å². The summed E-state index contributed by atoms with van der Waals surface area (Å²) in [5, 5.41) is 3.97. The zero-order valence-electron chi connectivity index (χ0n) is 14.6. The van der Waals surface area contributed by atoms with Crippen LogP contribution < -0.4 is 0 Å². The third-order valence-corrected chi connectivity index (χ3v) is 6.07. The predicted octanol–water partition coefficient (Wildman–Crippen LogP) is 4.39. The summed E-state index contributed by atoms with van der Waals surface area (Å²) in [7, 11) is 1.83. The summed E-state index contributed by atoms with van der Waals surface area (Å²) >= 11 is 1.61. The molecule has 0 aliphatic heterocycles. The number of hydrogen-bond acceptors (Lipinski definition) is 4. The van der Waals surface area contributed by atoms with Crippen LogP contribution in [-0.4, -0.2) is 23.0 Å². The van der Waals surface area contributed by atoms with Gasteiger partial charge in [0, 0.05) is 17.5 Å². The molecule has 1 aromatic carbocycles. The molecule has 0 bridgehead atoms. The van der Waals surface area contributed by atoms with Crippen LogP contribution in [0.2, 0.25) is 0 Å². The number of aryl methyl sites for hydroxylation is 4. The van der Waals surface area contributed by atoms with Crippen molar-refractivity contribution in [2.45, 2.75) is 33.2 Å². The second-order valence-corrected chi connectivity index (χ2v) is 7.64. The maximum atomic E-state index is 12.9. The summed E-state index contributed by atoms with van der Waals surface area (Å²) in [5.74, 6) is 0.827. The third kappa shape index (κ3) is 2.78. The Hall–Kier alpha value is -2.40. The van der Waals surface area contributed by atoms with Crippen molar-refractivity contribution in [3.63, 3.8) is 0 Å². The fraction of sp³-hybridized carbons (Fsp3) is 0.300. The van der Waals surface area contributed by atoms with Gasteiger partial charge in [0.25, 0.3) is 5.91 Å². The second-order valence-electron chi connectivity index (χ2n) is 6.59. The highest BCUT2D eigenvalue weighted by Crippen LogP contribution is 2.39. The summed E-state index contributed by atoms with van der Waals surface area (Å²) in [6.45, 7) is 4.30. The molecule has 0 saturated heterocycles. The monoisotopic (exact) mass is 352 g/mol. The van der Waals surface area contributed by atoms with Crippen LogP contribution >= 0.6 is 11.3 Å². The highest BCUT2D eigenvalue weighted by molar-refractivity contribution is 7.17. The summed E-state index contributed by atoms with van der Waals surface area (Å²) in [6, 6.07) is 10.6. The van der Waals surface area contributed by atoms with E-state index in [9.17, 15) is 4.79 Å². The van der Waals surface area contributed by atoms with Gasteiger partial charge in [-0.3, -0.25) is 4.79 Å². The Kier molecular flexibility index (Phi) is 3.96. The van der Waals surface area contributed by atoms with E-state index in [1.807, 2.05) is 20.9 Å². The van der Waals surface area contributed by atoms with Gasteiger partial charge >= 0.3 is 0 Å². The summed E-state index contributed by atoms with van der Waals surface area (Å²) in [4.78, 5) is 16.7. The Balaban J connectivity index is 1.61. The maximum absolute atomic E-state index is 12.9. The van der Waals surface area contributed by atoms with E-state index in [4.69, 9.17) is 4.52 Å². The van der Waals surface area contributed by atoms with Crippen LogP contribution in [0.1, 0.15) is 37.8 Å². The first kappa shape index (κ1) is 16.1. The zero-order valence-corrected chi connectivity index (χ0v) is 15.4. The molecular weight excluding hydrogens is 332 g/mol. The molecule has 0 saturated carbocycles. The third-order valence-electron chi connectivity index (χ3n) is 4.87. The molecule has 2 heterocycles. The predicted molar refractivity (Wildman–Crippen MR) is 98.9 cm³/mol. The Labute approximate surface area is 151 Å². The van der Waals surface area contributed by atoms with Gasteiger partial charge in [-0.05, 0) is 49.4 Å². The molecular formula is C20H20N2O2S. The van der Waals surface area contributed by atoms with Gasteiger partial charge in [0.2, 0.25) is 0 Å². The number of nitrogens with zero attached hydrogens (tertiary/aromatic N) is 2. The molecule has 0 atom stereocenters. The van der Waals surface area contributed by atoms with Crippen molar-refractivity contribution in [2.75, 3.05) is 7.05 Å². The number of fused-ring (bicyclic) bond motifs is 3. The quantitative estimate of drug-likeness (QED) is 0.702. The largest absolute Gasteiger partial charge is 0.361 e. The van der Waals surface area contributed by atoms with Crippen LogP contribution in [0.25, 0.3) is 10.4 Å². The number of aromatic nitrogens is 1. The van der Waals surface area contributed by atoms with E-state index in [2.05, 4.69) is 35.5 Å². The lowest BCUT2D eigenvalue weighted by Gasteiger charge is -2.16. The SMILES string of the molecule is Cc1noc(C)c1CN(C)C(=O)c1cc2c(s1)-c1ccccc1CC2. The van der Waals surface area contributed by atoms with Gasteiger partial charge in [-0.2, -0.15) is 0 Å². The molecule has 0 radical (unpaired) electrons. The van der Waals surface area contributed by atoms with Crippen LogP contribution in [0, 0.1) is 13.8 Å². The van der Waals surface area contributed by atoms with Gasteiger partial charge in [-0.1, -0.05) is 29.4 Å². The Morgan fingerprint density at radius 2 is 2.00 bits per heavy atom. The van der Waals surface area contributed by atoms with Gasteiger partial charge < -0.3 is 9.42 Å². The maximum Gasteiger partial charge on any atom is 0.263 e. The number of rotatable bonds is 3. The lowest BCUT2D eigenvalue weighted by atomic mass is 9.91. The number of carbonyl (C=O) groups excluding carboxylic acids is 1. The average Bonchev–Trinajstić information content (AvgIpc) is 3.19. The molecule has 2 aromatic heterocycles. The van der Waals surface area contributed by atoms with Gasteiger partial charge in [-0.25, -0.2) is 0 Å². The first-order valence-corrected chi connectivity index (χ1v) is 9.24. The van der Waals surface area contributed by atoms with Crippen LogP contribution in [0.5, 0.6) is 0 Å². The van der Waals surface area contributed by atoms with E-state index in [0.717, 1.165) is 34.7 Å². The molecule has 1 aliphatic rings. The minimum Gasteiger partial charge on any atom is -0.361 e. The van der Waals surface area contributed by atoms with Crippen molar-refractivity contribution in [1.82, 2.24) is 10.1 Å². The standard InChI is InChI=1S/C20H20N2O2S/c1-12-17(13(2)24-21-12)11-22(3)20(23)18-10-15-9-8-14-6-4-5-7-16(14)19(15)25-18/h4-7,10H,8-9,11H2,1-3H3.